The van der Waals surface area contributed by atoms with Gasteiger partial charge in [0, 0.05) is 37.4 Å². The van der Waals surface area contributed by atoms with Crippen molar-refractivity contribution in [2.75, 3.05) is 31.1 Å². The summed E-state index contributed by atoms with van der Waals surface area (Å²) in [7, 11) is 0. The number of rotatable bonds is 5. The number of nitrogens with zero attached hydrogens (tertiary/aromatic N) is 4. The van der Waals surface area contributed by atoms with Gasteiger partial charge >= 0.3 is 0 Å². The van der Waals surface area contributed by atoms with E-state index in [0.717, 1.165) is 37.3 Å². The van der Waals surface area contributed by atoms with Gasteiger partial charge in [0.1, 0.15) is 0 Å². The third kappa shape index (κ3) is 4.45. The summed E-state index contributed by atoms with van der Waals surface area (Å²) in [5, 5.41) is 8.42. The van der Waals surface area contributed by atoms with Gasteiger partial charge in [-0.05, 0) is 37.6 Å². The Balaban J connectivity index is 1.34. The highest BCUT2D eigenvalue weighted by Crippen LogP contribution is 2.28. The number of carbonyl (C=O) groups excluding carboxylic acids is 1. The van der Waals surface area contributed by atoms with Gasteiger partial charge in [0.05, 0.1) is 5.25 Å². The summed E-state index contributed by atoms with van der Waals surface area (Å²) >= 11 is 1.32. The maximum absolute atomic E-state index is 12.9. The maximum atomic E-state index is 12.9. The summed E-state index contributed by atoms with van der Waals surface area (Å²) in [5.74, 6) is 0.597. The van der Waals surface area contributed by atoms with Crippen molar-refractivity contribution >= 4 is 23.4 Å². The largest absolute Gasteiger partial charge is 0.411 e. The van der Waals surface area contributed by atoms with Crippen LogP contribution in [0.25, 0.3) is 11.5 Å². The number of benzene rings is 2. The second-order valence-corrected chi connectivity index (χ2v) is 8.39. The van der Waals surface area contributed by atoms with Crippen molar-refractivity contribution in [3.63, 3.8) is 0 Å². The van der Waals surface area contributed by atoms with E-state index in [1.165, 1.54) is 17.4 Å². The van der Waals surface area contributed by atoms with Gasteiger partial charge in [0.2, 0.25) is 11.8 Å². The average Bonchev–Trinajstić information content (AvgIpc) is 3.22. The predicted octanol–water partition coefficient (Wildman–Crippen LogP) is 3.87. The van der Waals surface area contributed by atoms with Crippen LogP contribution in [0, 0.1) is 6.92 Å². The Morgan fingerprint density at radius 2 is 1.69 bits per heavy atom. The van der Waals surface area contributed by atoms with Crippen LogP contribution in [-0.2, 0) is 4.79 Å². The highest BCUT2D eigenvalue weighted by atomic mass is 32.2. The standard InChI is InChI=1S/C22H24N4O2S/c1-16-8-6-7-11-19(16)20-23-24-22(28-20)29-17(2)21(27)26-14-12-25(13-15-26)18-9-4-3-5-10-18/h3-11,17H,12-15H2,1-2H3/t17-/m0/s1. The number of carbonyl (C=O) groups is 1. The summed E-state index contributed by atoms with van der Waals surface area (Å²) in [6.07, 6.45) is 0. The molecule has 29 heavy (non-hydrogen) atoms. The molecule has 2 heterocycles. The Morgan fingerprint density at radius 1 is 1.00 bits per heavy atom. The first-order chi connectivity index (χ1) is 14.1. The Labute approximate surface area is 174 Å². The van der Waals surface area contributed by atoms with Gasteiger partial charge in [-0.3, -0.25) is 4.79 Å². The van der Waals surface area contributed by atoms with Crippen LogP contribution >= 0.6 is 11.8 Å². The van der Waals surface area contributed by atoms with Crippen molar-refractivity contribution in [1.82, 2.24) is 15.1 Å². The molecule has 3 aromatic rings. The first-order valence-electron chi connectivity index (χ1n) is 9.77. The van der Waals surface area contributed by atoms with E-state index in [2.05, 4.69) is 27.2 Å². The van der Waals surface area contributed by atoms with E-state index in [1.807, 2.05) is 61.2 Å². The first-order valence-corrected chi connectivity index (χ1v) is 10.6. The number of hydrogen-bond donors (Lipinski definition) is 0. The van der Waals surface area contributed by atoms with Crippen molar-refractivity contribution in [2.24, 2.45) is 0 Å². The molecule has 1 atom stereocenters. The molecule has 6 nitrogen and oxygen atoms in total. The van der Waals surface area contributed by atoms with Crippen molar-refractivity contribution in [2.45, 2.75) is 24.3 Å². The van der Waals surface area contributed by atoms with E-state index in [9.17, 15) is 4.79 Å². The van der Waals surface area contributed by atoms with E-state index in [0.29, 0.717) is 11.1 Å². The summed E-state index contributed by atoms with van der Waals surface area (Å²) < 4.78 is 5.80. The first kappa shape index (κ1) is 19.5. The normalized spacial score (nSPS) is 15.4. The number of aryl methyl sites for hydroxylation is 1. The van der Waals surface area contributed by atoms with Gasteiger partial charge < -0.3 is 14.2 Å². The number of piperazine rings is 1. The van der Waals surface area contributed by atoms with Crippen LogP contribution < -0.4 is 4.90 Å². The summed E-state index contributed by atoms with van der Waals surface area (Å²) in [4.78, 5) is 17.1. The molecule has 1 aliphatic rings. The van der Waals surface area contributed by atoms with Crippen LogP contribution in [0.4, 0.5) is 5.69 Å². The molecule has 0 unspecified atom stereocenters. The monoisotopic (exact) mass is 408 g/mol. The molecule has 0 radical (unpaired) electrons. The Kier molecular flexibility index (Phi) is 5.85. The van der Waals surface area contributed by atoms with Crippen LogP contribution in [0.1, 0.15) is 12.5 Å². The Morgan fingerprint density at radius 3 is 2.41 bits per heavy atom. The molecule has 7 heteroatoms. The lowest BCUT2D eigenvalue weighted by Crippen LogP contribution is -2.50. The van der Waals surface area contributed by atoms with Gasteiger partial charge in [-0.2, -0.15) is 0 Å². The Bertz CT molecular complexity index is 968. The molecular weight excluding hydrogens is 384 g/mol. The molecule has 4 rings (SSSR count). The lowest BCUT2D eigenvalue weighted by atomic mass is 10.1. The molecule has 0 N–H and O–H groups in total. The second-order valence-electron chi connectivity index (χ2n) is 7.10. The lowest BCUT2D eigenvalue weighted by molar-refractivity contribution is -0.130. The lowest BCUT2D eigenvalue weighted by Gasteiger charge is -2.37. The molecule has 1 amide bonds. The number of amides is 1. The van der Waals surface area contributed by atoms with Crippen molar-refractivity contribution in [3.8, 4) is 11.5 Å². The average molecular weight is 409 g/mol. The predicted molar refractivity (Wildman–Crippen MR) is 115 cm³/mol. The maximum Gasteiger partial charge on any atom is 0.277 e. The smallest absolute Gasteiger partial charge is 0.277 e. The molecule has 1 saturated heterocycles. The molecule has 0 spiro atoms. The van der Waals surface area contributed by atoms with E-state index < -0.39 is 0 Å². The van der Waals surface area contributed by atoms with E-state index in [4.69, 9.17) is 4.42 Å². The summed E-state index contributed by atoms with van der Waals surface area (Å²) in [6.45, 7) is 7.02. The van der Waals surface area contributed by atoms with Crippen LogP contribution in [0.5, 0.6) is 0 Å². The fourth-order valence-corrected chi connectivity index (χ4v) is 4.23. The molecule has 1 aliphatic heterocycles. The quantitative estimate of drug-likeness (QED) is 0.597. The molecule has 0 bridgehead atoms. The molecule has 150 valence electrons. The Hall–Kier alpha value is -2.80. The van der Waals surface area contributed by atoms with E-state index in [-0.39, 0.29) is 11.2 Å². The van der Waals surface area contributed by atoms with Crippen LogP contribution in [0.15, 0.2) is 64.2 Å². The number of thioether (sulfide) groups is 1. The van der Waals surface area contributed by atoms with Crippen molar-refractivity contribution < 1.29 is 9.21 Å². The summed E-state index contributed by atoms with van der Waals surface area (Å²) in [6, 6.07) is 18.2. The molecule has 0 aliphatic carbocycles. The summed E-state index contributed by atoms with van der Waals surface area (Å²) in [5.41, 5.74) is 3.20. The number of para-hydroxylation sites is 1. The minimum Gasteiger partial charge on any atom is -0.411 e. The zero-order chi connectivity index (χ0) is 20.2. The topological polar surface area (TPSA) is 62.5 Å². The third-order valence-corrected chi connectivity index (χ3v) is 6.04. The SMILES string of the molecule is Cc1ccccc1-c1nnc(S[C@@H](C)C(=O)N2CCN(c3ccccc3)CC2)o1. The zero-order valence-electron chi connectivity index (χ0n) is 16.6. The highest BCUT2D eigenvalue weighted by molar-refractivity contribution is 8.00. The molecule has 2 aromatic carbocycles. The van der Waals surface area contributed by atoms with Crippen molar-refractivity contribution in [3.05, 3.63) is 60.2 Å². The van der Waals surface area contributed by atoms with Gasteiger partial charge in [-0.25, -0.2) is 0 Å². The van der Waals surface area contributed by atoms with Gasteiger partial charge in [0.15, 0.2) is 0 Å². The number of anilines is 1. The zero-order valence-corrected chi connectivity index (χ0v) is 17.4. The van der Waals surface area contributed by atoms with Gasteiger partial charge in [-0.15, -0.1) is 10.2 Å². The minimum atomic E-state index is -0.275. The van der Waals surface area contributed by atoms with Crippen molar-refractivity contribution in [1.29, 1.82) is 0 Å². The van der Waals surface area contributed by atoms with Crippen LogP contribution in [-0.4, -0.2) is 52.4 Å². The van der Waals surface area contributed by atoms with Crippen LogP contribution in [0.2, 0.25) is 0 Å². The fraction of sp³-hybridized carbons (Fsp3) is 0.318. The van der Waals surface area contributed by atoms with Crippen LogP contribution in [0.3, 0.4) is 0 Å². The molecule has 0 saturated carbocycles. The van der Waals surface area contributed by atoms with Gasteiger partial charge in [-0.1, -0.05) is 48.2 Å². The second kappa shape index (κ2) is 8.69. The number of aromatic nitrogens is 2. The number of hydrogen-bond acceptors (Lipinski definition) is 6. The van der Waals surface area contributed by atoms with E-state index in [1.54, 1.807) is 0 Å². The molecule has 1 fully saturated rings. The molecular formula is C22H24N4O2S. The third-order valence-electron chi connectivity index (χ3n) is 5.12. The highest BCUT2D eigenvalue weighted by Gasteiger charge is 2.27. The van der Waals surface area contributed by atoms with Gasteiger partial charge in [0.25, 0.3) is 5.22 Å². The molecule has 1 aromatic heterocycles. The fourth-order valence-electron chi connectivity index (χ4n) is 3.46. The minimum absolute atomic E-state index is 0.110. The van der Waals surface area contributed by atoms with E-state index >= 15 is 0 Å².